The number of nitrogens with zero attached hydrogens (tertiary/aromatic N) is 1. The van der Waals surface area contributed by atoms with Crippen molar-refractivity contribution >= 4 is 5.97 Å². The van der Waals surface area contributed by atoms with Crippen LogP contribution in [0, 0.1) is 34.4 Å². The third-order valence-electron chi connectivity index (χ3n) is 5.02. The van der Waals surface area contributed by atoms with Gasteiger partial charge in [0.15, 0.2) is 11.6 Å². The lowest BCUT2D eigenvalue weighted by Crippen LogP contribution is -2.14. The Balaban J connectivity index is 1.77. The van der Waals surface area contributed by atoms with Crippen LogP contribution >= 0.6 is 0 Å². The molecule has 1 aliphatic rings. The van der Waals surface area contributed by atoms with Crippen LogP contribution in [0.15, 0.2) is 60.9 Å². The second-order valence-electron chi connectivity index (χ2n) is 7.19. The number of carbonyl (C=O) groups excluding carboxylic acids is 1. The van der Waals surface area contributed by atoms with Gasteiger partial charge in [0.25, 0.3) is 0 Å². The molecule has 0 bridgehead atoms. The number of esters is 1. The highest BCUT2D eigenvalue weighted by atomic mass is 19.1. The number of carbonyl (C=O) groups is 1. The van der Waals surface area contributed by atoms with Crippen molar-refractivity contribution in [2.24, 2.45) is 17.3 Å². The van der Waals surface area contributed by atoms with Crippen LogP contribution in [-0.4, -0.2) is 5.97 Å². The van der Waals surface area contributed by atoms with Gasteiger partial charge in [-0.1, -0.05) is 44.2 Å². The van der Waals surface area contributed by atoms with E-state index >= 15 is 0 Å². The monoisotopic (exact) mass is 383 g/mol. The van der Waals surface area contributed by atoms with Crippen molar-refractivity contribution in [1.29, 1.82) is 5.26 Å². The Bertz CT molecular complexity index is 935. The van der Waals surface area contributed by atoms with Gasteiger partial charge in [-0.25, -0.2) is 8.78 Å². The van der Waals surface area contributed by atoms with Crippen molar-refractivity contribution in [1.82, 2.24) is 0 Å². The quantitative estimate of drug-likeness (QED) is 0.620. The topological polar surface area (TPSA) is 59.3 Å². The third-order valence-corrected chi connectivity index (χ3v) is 5.02. The number of ether oxygens (including phenoxy) is 2. The van der Waals surface area contributed by atoms with Crippen molar-refractivity contribution in [3.63, 3.8) is 0 Å². The van der Waals surface area contributed by atoms with Crippen LogP contribution in [0.4, 0.5) is 8.78 Å². The third kappa shape index (κ3) is 3.89. The Hall–Kier alpha value is -3.20. The van der Waals surface area contributed by atoms with Gasteiger partial charge in [0.05, 0.1) is 12.2 Å². The zero-order valence-electron chi connectivity index (χ0n) is 15.4. The first-order valence-corrected chi connectivity index (χ1v) is 8.78. The summed E-state index contributed by atoms with van der Waals surface area (Å²) in [5.41, 5.74) is -0.149. The van der Waals surface area contributed by atoms with Crippen LogP contribution in [0.2, 0.25) is 0 Å². The fourth-order valence-electron chi connectivity index (χ4n) is 3.30. The molecule has 3 rings (SSSR count). The Morgan fingerprint density at radius 1 is 1.25 bits per heavy atom. The van der Waals surface area contributed by atoms with E-state index in [-0.39, 0.29) is 11.7 Å². The SMILES string of the molecule is CC1(C)C(C=CF)C1C(=O)OC(C#N)c1ccc(F)c(Oc2ccccc2)c1. The summed E-state index contributed by atoms with van der Waals surface area (Å²) in [4.78, 5) is 12.5. The summed E-state index contributed by atoms with van der Waals surface area (Å²) in [6.45, 7) is 3.66. The molecule has 0 aromatic heterocycles. The van der Waals surface area contributed by atoms with Crippen LogP contribution in [0.3, 0.4) is 0 Å². The van der Waals surface area contributed by atoms with Crippen molar-refractivity contribution in [2.75, 3.05) is 0 Å². The van der Waals surface area contributed by atoms with Gasteiger partial charge < -0.3 is 9.47 Å². The predicted molar refractivity (Wildman–Crippen MR) is 98.4 cm³/mol. The summed E-state index contributed by atoms with van der Waals surface area (Å²) in [7, 11) is 0. The molecule has 28 heavy (non-hydrogen) atoms. The van der Waals surface area contributed by atoms with E-state index in [1.54, 1.807) is 30.3 Å². The lowest BCUT2D eigenvalue weighted by molar-refractivity contribution is -0.149. The van der Waals surface area contributed by atoms with Crippen molar-refractivity contribution in [2.45, 2.75) is 20.0 Å². The molecule has 0 N–H and O–H groups in total. The van der Waals surface area contributed by atoms with Gasteiger partial charge in [0, 0.05) is 5.56 Å². The van der Waals surface area contributed by atoms with Gasteiger partial charge in [-0.2, -0.15) is 5.26 Å². The van der Waals surface area contributed by atoms with Gasteiger partial charge >= 0.3 is 5.97 Å². The zero-order chi connectivity index (χ0) is 20.3. The Kier molecular flexibility index (Phi) is 5.46. The van der Waals surface area contributed by atoms with Gasteiger partial charge in [-0.15, -0.1) is 0 Å². The molecule has 0 heterocycles. The van der Waals surface area contributed by atoms with Crippen molar-refractivity contribution < 1.29 is 23.0 Å². The standard InChI is InChI=1S/C22H19F2NO3/c1-22(2)16(10-11-23)20(22)21(26)28-19(13-25)14-8-9-17(24)18(12-14)27-15-6-4-3-5-7-15/h3-12,16,19-20H,1-2H3. The van der Waals surface area contributed by atoms with E-state index in [2.05, 4.69) is 0 Å². The molecule has 144 valence electrons. The summed E-state index contributed by atoms with van der Waals surface area (Å²) in [6, 6.07) is 14.4. The largest absolute Gasteiger partial charge is 0.454 e. The Morgan fingerprint density at radius 2 is 1.96 bits per heavy atom. The molecule has 1 aliphatic carbocycles. The molecule has 0 saturated heterocycles. The zero-order valence-corrected chi connectivity index (χ0v) is 15.4. The van der Waals surface area contributed by atoms with E-state index in [0.29, 0.717) is 17.6 Å². The molecular formula is C22H19F2NO3. The molecule has 6 heteroatoms. The molecule has 2 aromatic carbocycles. The molecule has 0 amide bonds. The van der Waals surface area contributed by atoms with Crippen LogP contribution in [0.25, 0.3) is 0 Å². The minimum Gasteiger partial charge on any atom is -0.454 e. The van der Waals surface area contributed by atoms with Crippen LogP contribution in [0.1, 0.15) is 25.5 Å². The lowest BCUT2D eigenvalue weighted by atomic mass is 10.1. The minimum absolute atomic E-state index is 0.0787. The maximum Gasteiger partial charge on any atom is 0.311 e. The summed E-state index contributed by atoms with van der Waals surface area (Å²) in [5, 5.41) is 9.44. The highest BCUT2D eigenvalue weighted by molar-refractivity contribution is 5.78. The van der Waals surface area contributed by atoms with Gasteiger partial charge in [-0.3, -0.25) is 4.79 Å². The van der Waals surface area contributed by atoms with Gasteiger partial charge in [0.2, 0.25) is 6.10 Å². The molecule has 3 atom stereocenters. The fraction of sp³-hybridized carbons (Fsp3) is 0.273. The molecule has 0 aliphatic heterocycles. The molecule has 4 nitrogen and oxygen atoms in total. The van der Waals surface area contributed by atoms with Crippen LogP contribution in [-0.2, 0) is 9.53 Å². The van der Waals surface area contributed by atoms with Crippen molar-refractivity contribution in [3.05, 3.63) is 72.3 Å². The second kappa shape index (κ2) is 7.81. The minimum atomic E-state index is -1.22. The number of hydrogen-bond donors (Lipinski definition) is 0. The first-order chi connectivity index (χ1) is 13.4. The normalized spacial score (nSPS) is 21.0. The van der Waals surface area contributed by atoms with E-state index in [1.165, 1.54) is 18.2 Å². The highest BCUT2D eigenvalue weighted by Gasteiger charge is 2.61. The molecular weight excluding hydrogens is 364 g/mol. The average Bonchev–Trinajstić information content (AvgIpc) is 3.23. The number of nitriles is 1. The molecule has 3 unspecified atom stereocenters. The molecule has 1 fully saturated rings. The lowest BCUT2D eigenvalue weighted by Gasteiger charge is -2.14. The molecule has 0 spiro atoms. The smallest absolute Gasteiger partial charge is 0.311 e. The van der Waals surface area contributed by atoms with E-state index in [4.69, 9.17) is 9.47 Å². The second-order valence-corrected chi connectivity index (χ2v) is 7.19. The summed E-state index contributed by atoms with van der Waals surface area (Å²) in [6.07, 6.45) is 0.503. The number of para-hydroxylation sites is 1. The average molecular weight is 383 g/mol. The molecule has 2 aromatic rings. The summed E-state index contributed by atoms with van der Waals surface area (Å²) >= 11 is 0. The van der Waals surface area contributed by atoms with Crippen molar-refractivity contribution in [3.8, 4) is 17.6 Å². The van der Waals surface area contributed by atoms with E-state index in [9.17, 15) is 18.8 Å². The van der Waals surface area contributed by atoms with Crippen LogP contribution < -0.4 is 4.74 Å². The maximum atomic E-state index is 14.1. The number of hydrogen-bond acceptors (Lipinski definition) is 4. The maximum absolute atomic E-state index is 14.1. The fourth-order valence-corrected chi connectivity index (χ4v) is 3.30. The van der Waals surface area contributed by atoms with E-state index in [1.807, 2.05) is 19.9 Å². The molecule has 1 saturated carbocycles. The summed E-state index contributed by atoms with van der Waals surface area (Å²) in [5.74, 6) is -1.65. The number of benzene rings is 2. The first kappa shape index (κ1) is 19.6. The first-order valence-electron chi connectivity index (χ1n) is 8.78. The number of halogens is 2. The highest BCUT2D eigenvalue weighted by Crippen LogP contribution is 2.59. The Morgan fingerprint density at radius 3 is 2.61 bits per heavy atom. The molecule has 0 radical (unpaired) electrons. The van der Waals surface area contributed by atoms with Crippen LogP contribution in [0.5, 0.6) is 11.5 Å². The van der Waals surface area contributed by atoms with E-state index in [0.717, 1.165) is 6.07 Å². The van der Waals surface area contributed by atoms with Gasteiger partial charge in [0.1, 0.15) is 11.8 Å². The summed E-state index contributed by atoms with van der Waals surface area (Å²) < 4.78 is 37.4. The predicted octanol–water partition coefficient (Wildman–Crippen LogP) is 5.48. The van der Waals surface area contributed by atoms with E-state index < -0.39 is 29.2 Å². The van der Waals surface area contributed by atoms with Gasteiger partial charge in [-0.05, 0) is 35.6 Å². The number of rotatable bonds is 6. The Labute approximate surface area is 162 Å². The number of allylic oxidation sites excluding steroid dienone is 1.